The Morgan fingerprint density at radius 3 is 2.52 bits per heavy atom. The normalized spacial score (nSPS) is 10.8. The van der Waals surface area contributed by atoms with Gasteiger partial charge in [-0.3, -0.25) is 14.8 Å². The molecule has 0 atom stereocenters. The number of aromatic hydroxyl groups is 1. The van der Waals surface area contributed by atoms with Gasteiger partial charge in [0.05, 0.1) is 16.9 Å². The number of nitrogens with zero attached hydrogens (tertiary/aromatic N) is 3. The molecule has 1 heterocycles. The number of H-pyrrole nitrogens is 1. The number of nitrogens with one attached hydrogen (secondary N) is 1. The molecular weight excluding hydrogens is 450 g/mol. The van der Waals surface area contributed by atoms with Gasteiger partial charge in [-0.15, -0.1) is 10.2 Å². The summed E-state index contributed by atoms with van der Waals surface area (Å²) in [6.07, 6.45) is 0. The molecule has 0 fully saturated rings. The van der Waals surface area contributed by atoms with Crippen LogP contribution in [0.3, 0.4) is 0 Å². The molecule has 0 aliphatic carbocycles. The van der Waals surface area contributed by atoms with Gasteiger partial charge in [-0.1, -0.05) is 0 Å². The standard InChI is InChI=1S/C13H10N4O8S2.2Na/c1-6-8(5-14)12(18)15-13(19)11(6)17-16-9-4-7(26-25-24-20)2-3-10(9)27(21,22)23;;/h2-4,20H,1H3,(H2,15,18,19)(H,21,22,23);;/q;2*+1/p-2. The number of nitriles is 1. The van der Waals surface area contributed by atoms with Crippen molar-refractivity contribution in [2.45, 2.75) is 16.7 Å². The van der Waals surface area contributed by atoms with E-state index in [1.807, 2.05) is 4.98 Å². The summed E-state index contributed by atoms with van der Waals surface area (Å²) in [5.41, 5.74) is -1.99. The molecule has 29 heavy (non-hydrogen) atoms. The zero-order valence-corrected chi connectivity index (χ0v) is 20.8. The van der Waals surface area contributed by atoms with E-state index in [4.69, 9.17) is 5.26 Å². The number of aromatic amines is 1. The molecule has 0 saturated heterocycles. The predicted octanol–water partition coefficient (Wildman–Crippen LogP) is -5.18. The fourth-order valence-electron chi connectivity index (χ4n) is 1.95. The molecular formula is C13H8N4Na2O8S2. The van der Waals surface area contributed by atoms with Crippen molar-refractivity contribution in [3.63, 3.8) is 0 Å². The SMILES string of the molecule is Cc1c(C#N)c(O)[nH]c(=O)c1N=Nc1cc(SOO[O-])ccc1S(=O)(=O)[O-].[Na+].[Na+]. The molecule has 142 valence electrons. The maximum Gasteiger partial charge on any atom is 1.00 e. The summed E-state index contributed by atoms with van der Waals surface area (Å²) in [5.74, 6) is -0.657. The van der Waals surface area contributed by atoms with Gasteiger partial charge in [0.15, 0.2) is 5.69 Å². The van der Waals surface area contributed by atoms with Crippen LogP contribution < -0.4 is 69.9 Å². The summed E-state index contributed by atoms with van der Waals surface area (Å²) in [6, 6.07) is 4.77. The second-order valence-electron chi connectivity index (χ2n) is 4.77. The van der Waals surface area contributed by atoms with Crippen molar-refractivity contribution >= 4 is 33.5 Å². The Morgan fingerprint density at radius 2 is 1.97 bits per heavy atom. The molecule has 0 spiro atoms. The first-order valence-electron chi connectivity index (χ1n) is 6.69. The number of rotatable bonds is 6. The van der Waals surface area contributed by atoms with Crippen LogP contribution >= 0.6 is 12.0 Å². The molecule has 2 rings (SSSR count). The van der Waals surface area contributed by atoms with Crippen molar-refractivity contribution in [3.05, 3.63) is 39.7 Å². The van der Waals surface area contributed by atoms with Crippen LogP contribution in [0.5, 0.6) is 5.88 Å². The first-order chi connectivity index (χ1) is 12.7. The molecule has 1 aromatic carbocycles. The summed E-state index contributed by atoms with van der Waals surface area (Å²) in [7, 11) is -4.94. The van der Waals surface area contributed by atoms with Gasteiger partial charge in [0.25, 0.3) is 5.56 Å². The number of aromatic nitrogens is 1. The van der Waals surface area contributed by atoms with E-state index in [1.165, 1.54) is 6.92 Å². The van der Waals surface area contributed by atoms with Crippen LogP contribution in [0.25, 0.3) is 0 Å². The molecule has 0 unspecified atom stereocenters. The molecule has 16 heteroatoms. The molecule has 0 aliphatic heterocycles. The molecule has 2 N–H and O–H groups in total. The van der Waals surface area contributed by atoms with Crippen molar-refractivity contribution in [2.24, 2.45) is 10.2 Å². The Morgan fingerprint density at radius 1 is 1.31 bits per heavy atom. The van der Waals surface area contributed by atoms with Gasteiger partial charge in [0.1, 0.15) is 27.4 Å². The Bertz CT molecular complexity index is 1120. The first kappa shape index (κ1) is 28.2. The minimum atomic E-state index is -4.94. The van der Waals surface area contributed by atoms with E-state index in [0.29, 0.717) is 12.0 Å². The average Bonchev–Trinajstić information content (AvgIpc) is 2.59. The van der Waals surface area contributed by atoms with Gasteiger partial charge in [0, 0.05) is 10.5 Å². The molecule has 12 nitrogen and oxygen atoms in total. The van der Waals surface area contributed by atoms with Crippen molar-refractivity contribution in [3.8, 4) is 11.9 Å². The van der Waals surface area contributed by atoms with Crippen molar-refractivity contribution in [1.29, 1.82) is 5.26 Å². The van der Waals surface area contributed by atoms with Crippen molar-refractivity contribution in [1.82, 2.24) is 4.98 Å². The van der Waals surface area contributed by atoms with Gasteiger partial charge in [0.2, 0.25) is 5.88 Å². The average molecular weight is 458 g/mol. The zero-order valence-electron chi connectivity index (χ0n) is 15.2. The summed E-state index contributed by atoms with van der Waals surface area (Å²) in [4.78, 5) is 13.3. The molecule has 0 radical (unpaired) electrons. The third-order valence-electron chi connectivity index (χ3n) is 3.14. The number of azo groups is 1. The van der Waals surface area contributed by atoms with E-state index >= 15 is 0 Å². The number of pyridine rings is 1. The smallest absolute Gasteiger partial charge is 0.744 e. The van der Waals surface area contributed by atoms with Crippen LogP contribution in [-0.2, 0) is 19.5 Å². The van der Waals surface area contributed by atoms with E-state index in [1.54, 1.807) is 6.07 Å². The van der Waals surface area contributed by atoms with Gasteiger partial charge in [-0.25, -0.2) is 8.42 Å². The van der Waals surface area contributed by atoms with Gasteiger partial charge in [-0.05, 0) is 25.1 Å². The Hall–Kier alpha value is -0.800. The molecule has 0 saturated carbocycles. The van der Waals surface area contributed by atoms with E-state index < -0.39 is 32.1 Å². The minimum Gasteiger partial charge on any atom is -0.744 e. The monoisotopic (exact) mass is 458 g/mol. The molecule has 0 amide bonds. The molecule has 1 aromatic heterocycles. The van der Waals surface area contributed by atoms with Crippen molar-refractivity contribution in [2.75, 3.05) is 0 Å². The van der Waals surface area contributed by atoms with Crippen LogP contribution in [0.4, 0.5) is 11.4 Å². The topological polar surface area (TPSA) is 200 Å². The van der Waals surface area contributed by atoms with Crippen LogP contribution in [0.2, 0.25) is 0 Å². The van der Waals surface area contributed by atoms with E-state index in [0.717, 1.165) is 18.2 Å². The number of benzene rings is 1. The predicted molar refractivity (Wildman–Crippen MR) is 84.8 cm³/mol. The van der Waals surface area contributed by atoms with Crippen molar-refractivity contribution < 1.29 is 91.8 Å². The van der Waals surface area contributed by atoms with Gasteiger partial charge >= 0.3 is 59.1 Å². The van der Waals surface area contributed by atoms with Crippen LogP contribution in [-0.4, -0.2) is 23.1 Å². The summed E-state index contributed by atoms with van der Waals surface area (Å²) < 4.78 is 38.2. The van der Waals surface area contributed by atoms with Crippen LogP contribution in [0.1, 0.15) is 11.1 Å². The van der Waals surface area contributed by atoms with Gasteiger partial charge < -0.3 is 14.9 Å². The fourth-order valence-corrected chi connectivity index (χ4v) is 2.93. The largest absolute Gasteiger partial charge is 1.00 e. The first-order valence-corrected chi connectivity index (χ1v) is 8.84. The Kier molecular flexibility index (Phi) is 11.8. The third kappa shape index (κ3) is 7.14. The van der Waals surface area contributed by atoms with E-state index in [9.17, 15) is 28.1 Å². The quantitative estimate of drug-likeness (QED) is 0.105. The maximum atomic E-state index is 11.9. The van der Waals surface area contributed by atoms with Crippen LogP contribution in [0.15, 0.2) is 43.0 Å². The summed E-state index contributed by atoms with van der Waals surface area (Å²) >= 11 is 0.413. The molecule has 0 bridgehead atoms. The summed E-state index contributed by atoms with van der Waals surface area (Å²) in [5, 5.41) is 38.7. The van der Waals surface area contributed by atoms with E-state index in [2.05, 4.69) is 19.6 Å². The van der Waals surface area contributed by atoms with Crippen LogP contribution in [0, 0.1) is 18.3 Å². The van der Waals surface area contributed by atoms with E-state index in [-0.39, 0.29) is 80.8 Å². The summed E-state index contributed by atoms with van der Waals surface area (Å²) in [6.45, 7) is 1.32. The zero-order chi connectivity index (χ0) is 20.2. The maximum absolute atomic E-state index is 11.9. The third-order valence-corrected chi connectivity index (χ3v) is 4.60. The van der Waals surface area contributed by atoms with Gasteiger partial charge in [-0.2, -0.15) is 9.60 Å². The minimum absolute atomic E-state index is 0. The molecule has 0 aliphatic rings. The number of hydrogen-bond acceptors (Lipinski definition) is 12. The second kappa shape index (κ2) is 12.2. The molecule has 2 aromatic rings. The second-order valence-corrected chi connectivity index (χ2v) is 6.89. The Labute approximate surface area is 212 Å². The number of hydrogen-bond donors (Lipinski definition) is 2. The Balaban J connectivity index is 0.00000392. The fraction of sp³-hybridized carbons (Fsp3) is 0.0769.